The maximum Gasteiger partial charge on any atom is 0.272 e. The molecule has 6 heteroatoms. The zero-order valence-corrected chi connectivity index (χ0v) is 15.7. The Kier molecular flexibility index (Phi) is 6.47. The molecule has 0 aliphatic rings. The molecule has 0 radical (unpaired) electrons. The molecule has 3 aromatic carbocycles. The molecule has 136 valence electrons. The van der Waals surface area contributed by atoms with Crippen LogP contribution in [0, 0.1) is 0 Å². The molecule has 0 unspecified atom stereocenters. The third kappa shape index (κ3) is 5.33. The standard InChI is InChI=1S/C21H16Cl2N2O2/c22-17-11-9-15(10-12-17)14-27-20-8-4-1-5-16(20)13-24-25-21(26)18-6-2-3-7-19(18)23/h1-13H,14H2,(H,25,26)/b24-13-. The maximum absolute atomic E-state index is 12.1. The van der Waals surface area contributed by atoms with Crippen molar-refractivity contribution in [1.29, 1.82) is 0 Å². The Balaban J connectivity index is 1.65. The first-order valence-electron chi connectivity index (χ1n) is 8.17. The fourth-order valence-corrected chi connectivity index (χ4v) is 2.67. The number of hydrogen-bond donors (Lipinski definition) is 1. The highest BCUT2D eigenvalue weighted by molar-refractivity contribution is 6.33. The lowest BCUT2D eigenvalue weighted by Crippen LogP contribution is -2.18. The summed E-state index contributed by atoms with van der Waals surface area (Å²) in [5.41, 5.74) is 4.58. The largest absolute Gasteiger partial charge is 0.488 e. The summed E-state index contributed by atoms with van der Waals surface area (Å²) in [5.74, 6) is 0.277. The SMILES string of the molecule is O=C(N/N=C\c1ccccc1OCc1ccc(Cl)cc1)c1ccccc1Cl. The Morgan fingerprint density at radius 3 is 2.44 bits per heavy atom. The second-order valence-electron chi connectivity index (χ2n) is 5.63. The molecular weight excluding hydrogens is 383 g/mol. The zero-order valence-electron chi connectivity index (χ0n) is 14.2. The second kappa shape index (κ2) is 9.21. The Morgan fingerprint density at radius 2 is 1.67 bits per heavy atom. The van der Waals surface area contributed by atoms with Gasteiger partial charge in [0.15, 0.2) is 0 Å². The van der Waals surface area contributed by atoms with E-state index in [9.17, 15) is 4.79 Å². The molecule has 0 atom stereocenters. The molecule has 27 heavy (non-hydrogen) atoms. The van der Waals surface area contributed by atoms with E-state index in [1.807, 2.05) is 48.5 Å². The van der Waals surface area contributed by atoms with Gasteiger partial charge in [-0.25, -0.2) is 5.43 Å². The van der Waals surface area contributed by atoms with Gasteiger partial charge in [0, 0.05) is 10.6 Å². The van der Waals surface area contributed by atoms with Gasteiger partial charge in [0.25, 0.3) is 5.91 Å². The molecule has 0 fully saturated rings. The monoisotopic (exact) mass is 398 g/mol. The molecule has 4 nitrogen and oxygen atoms in total. The van der Waals surface area contributed by atoms with E-state index in [4.69, 9.17) is 27.9 Å². The van der Waals surface area contributed by atoms with Crippen molar-refractivity contribution in [3.05, 3.63) is 99.5 Å². The van der Waals surface area contributed by atoms with Crippen molar-refractivity contribution in [2.24, 2.45) is 5.10 Å². The molecule has 3 rings (SSSR count). The van der Waals surface area contributed by atoms with Crippen LogP contribution in [0.5, 0.6) is 5.75 Å². The number of hydrogen-bond acceptors (Lipinski definition) is 3. The number of rotatable bonds is 6. The molecule has 1 N–H and O–H groups in total. The average molecular weight is 399 g/mol. The molecule has 0 heterocycles. The average Bonchev–Trinajstić information content (AvgIpc) is 2.68. The maximum atomic E-state index is 12.1. The minimum atomic E-state index is -0.378. The van der Waals surface area contributed by atoms with Crippen molar-refractivity contribution in [3.63, 3.8) is 0 Å². The third-order valence-corrected chi connectivity index (χ3v) is 4.30. The van der Waals surface area contributed by atoms with Gasteiger partial charge in [-0.2, -0.15) is 5.10 Å². The van der Waals surface area contributed by atoms with Gasteiger partial charge in [0.1, 0.15) is 12.4 Å². The summed E-state index contributed by atoms with van der Waals surface area (Å²) in [6.07, 6.45) is 1.53. The molecule has 0 aliphatic carbocycles. The van der Waals surface area contributed by atoms with Crippen LogP contribution in [0.4, 0.5) is 0 Å². The number of para-hydroxylation sites is 1. The predicted octanol–water partition coefficient (Wildman–Crippen LogP) is 5.34. The summed E-state index contributed by atoms with van der Waals surface area (Å²) >= 11 is 11.9. The van der Waals surface area contributed by atoms with Crippen LogP contribution in [0.15, 0.2) is 77.9 Å². The van der Waals surface area contributed by atoms with Crippen LogP contribution in [-0.4, -0.2) is 12.1 Å². The number of ether oxygens (including phenoxy) is 1. The van der Waals surface area contributed by atoms with E-state index in [1.165, 1.54) is 6.21 Å². The lowest BCUT2D eigenvalue weighted by Gasteiger charge is -2.09. The smallest absolute Gasteiger partial charge is 0.272 e. The molecule has 0 saturated heterocycles. The Bertz CT molecular complexity index is 956. The number of nitrogens with one attached hydrogen (secondary N) is 1. The number of amides is 1. The topological polar surface area (TPSA) is 50.7 Å². The van der Waals surface area contributed by atoms with Gasteiger partial charge < -0.3 is 4.74 Å². The summed E-state index contributed by atoms with van der Waals surface area (Å²) < 4.78 is 5.86. The molecule has 0 bridgehead atoms. The van der Waals surface area contributed by atoms with E-state index in [0.29, 0.717) is 28.0 Å². The van der Waals surface area contributed by atoms with Crippen LogP contribution in [-0.2, 0) is 6.61 Å². The quantitative estimate of drug-likeness (QED) is 0.450. The highest BCUT2D eigenvalue weighted by atomic mass is 35.5. The highest BCUT2D eigenvalue weighted by Crippen LogP contribution is 2.19. The van der Waals surface area contributed by atoms with E-state index in [-0.39, 0.29) is 5.91 Å². The summed E-state index contributed by atoms with van der Waals surface area (Å²) in [6.45, 7) is 0.397. The van der Waals surface area contributed by atoms with E-state index in [2.05, 4.69) is 10.5 Å². The number of carbonyl (C=O) groups excluding carboxylic acids is 1. The zero-order chi connectivity index (χ0) is 19.1. The summed E-state index contributed by atoms with van der Waals surface area (Å²) in [5, 5.41) is 5.06. The Morgan fingerprint density at radius 1 is 0.963 bits per heavy atom. The molecule has 0 aliphatic heterocycles. The van der Waals surface area contributed by atoms with Crippen molar-refractivity contribution < 1.29 is 9.53 Å². The normalized spacial score (nSPS) is 10.7. The minimum Gasteiger partial charge on any atom is -0.488 e. The van der Waals surface area contributed by atoms with Crippen molar-refractivity contribution in [1.82, 2.24) is 5.43 Å². The molecule has 3 aromatic rings. The van der Waals surface area contributed by atoms with Gasteiger partial charge >= 0.3 is 0 Å². The van der Waals surface area contributed by atoms with Crippen LogP contribution in [0.2, 0.25) is 10.0 Å². The number of hydrazone groups is 1. The van der Waals surface area contributed by atoms with E-state index < -0.39 is 0 Å². The molecular formula is C21H16Cl2N2O2. The lowest BCUT2D eigenvalue weighted by molar-refractivity contribution is 0.0955. The lowest BCUT2D eigenvalue weighted by atomic mass is 10.2. The fraction of sp³-hybridized carbons (Fsp3) is 0.0476. The van der Waals surface area contributed by atoms with Crippen molar-refractivity contribution in [2.45, 2.75) is 6.61 Å². The van der Waals surface area contributed by atoms with Gasteiger partial charge in [0.05, 0.1) is 16.8 Å². The number of benzene rings is 3. The van der Waals surface area contributed by atoms with Gasteiger partial charge in [-0.05, 0) is 42.0 Å². The van der Waals surface area contributed by atoms with Crippen LogP contribution in [0.25, 0.3) is 0 Å². The third-order valence-electron chi connectivity index (χ3n) is 3.71. The first-order chi connectivity index (χ1) is 13.1. The van der Waals surface area contributed by atoms with E-state index in [1.54, 1.807) is 24.3 Å². The number of carbonyl (C=O) groups is 1. The molecule has 1 amide bonds. The predicted molar refractivity (Wildman–Crippen MR) is 109 cm³/mol. The van der Waals surface area contributed by atoms with Crippen molar-refractivity contribution in [3.8, 4) is 5.75 Å². The number of nitrogens with zero attached hydrogens (tertiary/aromatic N) is 1. The summed E-state index contributed by atoms with van der Waals surface area (Å²) in [7, 11) is 0. The van der Waals surface area contributed by atoms with Crippen molar-refractivity contribution in [2.75, 3.05) is 0 Å². The summed E-state index contributed by atoms with van der Waals surface area (Å²) in [4.78, 5) is 12.1. The van der Waals surface area contributed by atoms with Gasteiger partial charge in [0.2, 0.25) is 0 Å². The minimum absolute atomic E-state index is 0.364. The van der Waals surface area contributed by atoms with Crippen LogP contribution in [0.1, 0.15) is 21.5 Å². The Hall–Kier alpha value is -2.82. The molecule has 0 saturated carbocycles. The van der Waals surface area contributed by atoms with Gasteiger partial charge in [-0.3, -0.25) is 4.79 Å². The van der Waals surface area contributed by atoms with Gasteiger partial charge in [-0.1, -0.05) is 59.6 Å². The van der Waals surface area contributed by atoms with Crippen molar-refractivity contribution >= 4 is 35.3 Å². The Labute approximate surface area is 167 Å². The molecule has 0 aromatic heterocycles. The van der Waals surface area contributed by atoms with E-state index >= 15 is 0 Å². The summed E-state index contributed by atoms with van der Waals surface area (Å²) in [6, 6.07) is 21.7. The first kappa shape index (κ1) is 19.0. The second-order valence-corrected chi connectivity index (χ2v) is 6.48. The van der Waals surface area contributed by atoms with E-state index in [0.717, 1.165) is 11.1 Å². The first-order valence-corrected chi connectivity index (χ1v) is 8.93. The fourth-order valence-electron chi connectivity index (χ4n) is 2.33. The van der Waals surface area contributed by atoms with Crippen LogP contribution >= 0.6 is 23.2 Å². The highest BCUT2D eigenvalue weighted by Gasteiger charge is 2.08. The van der Waals surface area contributed by atoms with Gasteiger partial charge in [-0.15, -0.1) is 0 Å². The van der Waals surface area contributed by atoms with Crippen LogP contribution < -0.4 is 10.2 Å². The number of halogens is 2. The van der Waals surface area contributed by atoms with Crippen LogP contribution in [0.3, 0.4) is 0 Å². The molecule has 0 spiro atoms.